The summed E-state index contributed by atoms with van der Waals surface area (Å²) in [5.41, 5.74) is 2.25. The number of ether oxygens (including phenoxy) is 1. The minimum Gasteiger partial charge on any atom is -0.493 e. The molecule has 1 heterocycles. The molecule has 0 fully saturated rings. The smallest absolute Gasteiger partial charge is 0.257 e. The highest BCUT2D eigenvalue weighted by atomic mass is 32.1. The van der Waals surface area contributed by atoms with Crippen LogP contribution in [-0.4, -0.2) is 28.6 Å². The van der Waals surface area contributed by atoms with Gasteiger partial charge in [-0.2, -0.15) is 0 Å². The minimum absolute atomic E-state index is 0.195. The lowest BCUT2D eigenvalue weighted by atomic mass is 10.2. The number of benzene rings is 2. The number of nitrogens with one attached hydrogen (secondary N) is 2. The van der Waals surface area contributed by atoms with Gasteiger partial charge in [0.15, 0.2) is 0 Å². The summed E-state index contributed by atoms with van der Waals surface area (Å²) in [6.45, 7) is 4.01. The zero-order valence-corrected chi connectivity index (χ0v) is 17.1. The van der Waals surface area contributed by atoms with E-state index in [0.29, 0.717) is 29.4 Å². The summed E-state index contributed by atoms with van der Waals surface area (Å²) >= 11 is 1.31. The minimum atomic E-state index is -0.313. The van der Waals surface area contributed by atoms with Crippen molar-refractivity contribution in [3.05, 3.63) is 64.7 Å². The monoisotopic (exact) mass is 410 g/mol. The Kier molecular flexibility index (Phi) is 6.91. The van der Waals surface area contributed by atoms with E-state index in [1.807, 2.05) is 12.1 Å². The molecule has 0 saturated heterocycles. The summed E-state index contributed by atoms with van der Waals surface area (Å²) in [6, 6.07) is 14.7. The molecule has 0 aliphatic heterocycles. The molecule has 2 amide bonds. The lowest BCUT2D eigenvalue weighted by molar-refractivity contribution is -0.114. The van der Waals surface area contributed by atoms with Crippen molar-refractivity contribution in [3.63, 3.8) is 0 Å². The van der Waals surface area contributed by atoms with Crippen molar-refractivity contribution in [2.75, 3.05) is 17.2 Å². The van der Waals surface area contributed by atoms with Crippen LogP contribution >= 0.6 is 11.3 Å². The Morgan fingerprint density at radius 1 is 1.07 bits per heavy atom. The van der Waals surface area contributed by atoms with Crippen molar-refractivity contribution in [3.8, 4) is 5.75 Å². The Morgan fingerprint density at radius 2 is 1.86 bits per heavy atom. The Balaban J connectivity index is 1.51. The van der Waals surface area contributed by atoms with Crippen molar-refractivity contribution in [1.29, 1.82) is 0 Å². The average Bonchev–Trinajstić information content (AvgIpc) is 3.15. The van der Waals surface area contributed by atoms with E-state index < -0.39 is 0 Å². The van der Waals surface area contributed by atoms with E-state index in [9.17, 15) is 9.59 Å². The standard InChI is InChI=1S/C21H22N4O3S/c1-3-15-7-9-18(10-8-15)28-12-11-19-24-25-21(29-19)23-20(27)16-5-4-6-17(13-16)22-14(2)26/h4-10,13H,3,11-12H2,1-2H3,(H,22,26)(H,23,25,27). The average molecular weight is 410 g/mol. The second kappa shape index (κ2) is 9.79. The van der Waals surface area contributed by atoms with Gasteiger partial charge in [0, 0.05) is 24.6 Å². The molecule has 0 radical (unpaired) electrons. The van der Waals surface area contributed by atoms with Crippen molar-refractivity contribution in [2.45, 2.75) is 26.7 Å². The number of carbonyl (C=O) groups excluding carboxylic acids is 2. The van der Waals surface area contributed by atoms with Crippen molar-refractivity contribution < 1.29 is 14.3 Å². The molecule has 1 aromatic heterocycles. The number of hydrogen-bond donors (Lipinski definition) is 2. The van der Waals surface area contributed by atoms with Crippen molar-refractivity contribution >= 4 is 34.0 Å². The van der Waals surface area contributed by atoms with E-state index in [2.05, 4.69) is 39.9 Å². The zero-order valence-electron chi connectivity index (χ0n) is 16.3. The van der Waals surface area contributed by atoms with Gasteiger partial charge in [0.25, 0.3) is 5.91 Å². The Labute approximate surface area is 173 Å². The van der Waals surface area contributed by atoms with E-state index in [4.69, 9.17) is 4.74 Å². The maximum Gasteiger partial charge on any atom is 0.257 e. The van der Waals surface area contributed by atoms with Crippen LogP contribution in [0.25, 0.3) is 0 Å². The van der Waals surface area contributed by atoms with Crippen LogP contribution in [0.2, 0.25) is 0 Å². The maximum atomic E-state index is 12.4. The summed E-state index contributed by atoms with van der Waals surface area (Å²) in [6.07, 6.45) is 1.60. The first-order valence-corrected chi connectivity index (χ1v) is 10.1. The predicted molar refractivity (Wildman–Crippen MR) is 114 cm³/mol. The third kappa shape index (κ3) is 6.11. The summed E-state index contributed by atoms with van der Waals surface area (Å²) in [7, 11) is 0. The fourth-order valence-corrected chi connectivity index (χ4v) is 3.31. The Bertz CT molecular complexity index is 986. The van der Waals surface area contributed by atoms with Gasteiger partial charge in [-0.15, -0.1) is 10.2 Å². The van der Waals surface area contributed by atoms with Gasteiger partial charge in [-0.05, 0) is 42.3 Å². The van der Waals surface area contributed by atoms with Crippen LogP contribution in [-0.2, 0) is 17.6 Å². The molecule has 0 spiro atoms. The number of anilines is 2. The van der Waals surface area contributed by atoms with Crippen molar-refractivity contribution in [2.24, 2.45) is 0 Å². The van der Waals surface area contributed by atoms with Gasteiger partial charge in [0.05, 0.1) is 6.61 Å². The van der Waals surface area contributed by atoms with Crippen LogP contribution in [0, 0.1) is 0 Å². The van der Waals surface area contributed by atoms with Crippen LogP contribution in [0.5, 0.6) is 5.75 Å². The van der Waals surface area contributed by atoms with Crippen LogP contribution < -0.4 is 15.4 Å². The highest BCUT2D eigenvalue weighted by Gasteiger charge is 2.11. The van der Waals surface area contributed by atoms with Gasteiger partial charge >= 0.3 is 0 Å². The molecule has 2 aromatic carbocycles. The molecule has 2 N–H and O–H groups in total. The van der Waals surface area contributed by atoms with E-state index in [0.717, 1.165) is 17.2 Å². The summed E-state index contributed by atoms with van der Waals surface area (Å²) in [5, 5.41) is 14.7. The quantitative estimate of drug-likeness (QED) is 0.587. The lowest BCUT2D eigenvalue weighted by Crippen LogP contribution is -2.13. The topological polar surface area (TPSA) is 93.2 Å². The van der Waals surface area contributed by atoms with Crippen LogP contribution in [0.1, 0.15) is 34.8 Å². The maximum absolute atomic E-state index is 12.4. The van der Waals surface area contributed by atoms with E-state index in [1.54, 1.807) is 24.3 Å². The van der Waals surface area contributed by atoms with Crippen LogP contribution in [0.3, 0.4) is 0 Å². The molecule has 0 unspecified atom stereocenters. The van der Waals surface area contributed by atoms with Crippen molar-refractivity contribution in [1.82, 2.24) is 10.2 Å². The number of aromatic nitrogens is 2. The highest BCUT2D eigenvalue weighted by Crippen LogP contribution is 2.19. The fraction of sp³-hybridized carbons (Fsp3) is 0.238. The van der Waals surface area contributed by atoms with Gasteiger partial charge in [0.2, 0.25) is 11.0 Å². The van der Waals surface area contributed by atoms with Gasteiger partial charge in [0.1, 0.15) is 10.8 Å². The van der Waals surface area contributed by atoms with E-state index >= 15 is 0 Å². The molecule has 0 aliphatic carbocycles. The molecule has 150 valence electrons. The number of carbonyl (C=O) groups is 2. The number of rotatable bonds is 8. The summed E-state index contributed by atoms with van der Waals surface area (Å²) in [5.74, 6) is 0.311. The van der Waals surface area contributed by atoms with Gasteiger partial charge in [-0.1, -0.05) is 36.5 Å². The molecule has 0 saturated carbocycles. The third-order valence-electron chi connectivity index (χ3n) is 4.05. The first-order chi connectivity index (χ1) is 14.0. The second-order valence-corrected chi connectivity index (χ2v) is 7.38. The summed E-state index contributed by atoms with van der Waals surface area (Å²) < 4.78 is 5.73. The van der Waals surface area contributed by atoms with E-state index in [-0.39, 0.29) is 11.8 Å². The lowest BCUT2D eigenvalue weighted by Gasteiger charge is -2.05. The van der Waals surface area contributed by atoms with Gasteiger partial charge in [-0.25, -0.2) is 0 Å². The molecule has 0 bridgehead atoms. The molecule has 0 atom stereocenters. The highest BCUT2D eigenvalue weighted by molar-refractivity contribution is 7.15. The Hall–Kier alpha value is -3.26. The van der Waals surface area contributed by atoms with Crippen LogP contribution in [0.4, 0.5) is 10.8 Å². The first-order valence-electron chi connectivity index (χ1n) is 9.26. The molecule has 8 heteroatoms. The number of hydrogen-bond acceptors (Lipinski definition) is 6. The number of aryl methyl sites for hydroxylation is 1. The third-order valence-corrected chi connectivity index (χ3v) is 4.95. The number of nitrogens with zero attached hydrogens (tertiary/aromatic N) is 2. The summed E-state index contributed by atoms with van der Waals surface area (Å²) in [4.78, 5) is 23.6. The molecule has 29 heavy (non-hydrogen) atoms. The zero-order chi connectivity index (χ0) is 20.6. The van der Waals surface area contributed by atoms with E-state index in [1.165, 1.54) is 23.8 Å². The van der Waals surface area contributed by atoms with Gasteiger partial charge < -0.3 is 10.1 Å². The Morgan fingerprint density at radius 3 is 2.59 bits per heavy atom. The normalized spacial score (nSPS) is 10.4. The second-order valence-electron chi connectivity index (χ2n) is 6.31. The van der Waals surface area contributed by atoms with Crippen LogP contribution in [0.15, 0.2) is 48.5 Å². The van der Waals surface area contributed by atoms with Gasteiger partial charge in [-0.3, -0.25) is 14.9 Å². The molecular weight excluding hydrogens is 388 g/mol. The molecule has 3 aromatic rings. The number of amides is 2. The largest absolute Gasteiger partial charge is 0.493 e. The molecule has 3 rings (SSSR count). The predicted octanol–water partition coefficient (Wildman–Crippen LogP) is 3.93. The SMILES string of the molecule is CCc1ccc(OCCc2nnc(NC(=O)c3cccc(NC(C)=O)c3)s2)cc1. The first kappa shape index (κ1) is 20.5. The molecular formula is C21H22N4O3S. The molecule has 7 nitrogen and oxygen atoms in total. The fourth-order valence-electron chi connectivity index (χ4n) is 2.59. The molecule has 0 aliphatic rings.